The van der Waals surface area contributed by atoms with Crippen molar-refractivity contribution in [2.45, 2.75) is 26.5 Å². The molecule has 2 rings (SSSR count). The molecule has 0 unspecified atom stereocenters. The highest BCUT2D eigenvalue weighted by Crippen LogP contribution is 2.25. The van der Waals surface area contributed by atoms with Gasteiger partial charge in [0.2, 0.25) is 5.88 Å². The number of nitrogens with one attached hydrogen (secondary N) is 1. The second kappa shape index (κ2) is 6.95. The zero-order chi connectivity index (χ0) is 14.5. The molecule has 1 N–H and O–H groups in total. The van der Waals surface area contributed by atoms with Gasteiger partial charge in [-0.2, -0.15) is 0 Å². The Kier molecular flexibility index (Phi) is 5.26. The van der Waals surface area contributed by atoms with Crippen LogP contribution in [0.15, 0.2) is 41.0 Å². The first kappa shape index (κ1) is 15.1. The molecule has 0 aliphatic carbocycles. The van der Waals surface area contributed by atoms with E-state index < -0.39 is 0 Å². The summed E-state index contributed by atoms with van der Waals surface area (Å²) in [5, 5.41) is 4.02. The monoisotopic (exact) mass is 354 g/mol. The van der Waals surface area contributed by atoms with Gasteiger partial charge in [-0.1, -0.05) is 17.7 Å². The van der Waals surface area contributed by atoms with Crippen molar-refractivity contribution < 1.29 is 4.74 Å². The fourth-order valence-corrected chi connectivity index (χ4v) is 2.14. The highest BCUT2D eigenvalue weighted by Gasteiger charge is 2.06. The maximum Gasteiger partial charge on any atom is 0.237 e. The van der Waals surface area contributed by atoms with Crippen molar-refractivity contribution in [1.82, 2.24) is 4.98 Å². The molecule has 0 saturated heterocycles. The molecule has 20 heavy (non-hydrogen) atoms. The number of pyridine rings is 1. The molecule has 0 aliphatic heterocycles. The van der Waals surface area contributed by atoms with Gasteiger partial charge in [-0.15, -0.1) is 0 Å². The van der Waals surface area contributed by atoms with E-state index in [2.05, 4.69) is 26.2 Å². The van der Waals surface area contributed by atoms with Gasteiger partial charge in [0, 0.05) is 17.2 Å². The van der Waals surface area contributed by atoms with Gasteiger partial charge in [0.15, 0.2) is 0 Å². The van der Waals surface area contributed by atoms with Crippen LogP contribution in [-0.4, -0.2) is 11.1 Å². The van der Waals surface area contributed by atoms with Crippen LogP contribution in [0.25, 0.3) is 0 Å². The van der Waals surface area contributed by atoms with Gasteiger partial charge in [0.05, 0.1) is 16.8 Å². The molecule has 1 aromatic carbocycles. The minimum Gasteiger partial charge on any atom is -0.473 e. The molecule has 3 nitrogen and oxygen atoms in total. The molecule has 1 heterocycles. The molecular weight excluding hydrogens is 340 g/mol. The van der Waals surface area contributed by atoms with E-state index in [4.69, 9.17) is 16.3 Å². The molecule has 5 heteroatoms. The average Bonchev–Trinajstić information content (AvgIpc) is 2.41. The number of aromatic nitrogens is 1. The Morgan fingerprint density at radius 3 is 2.85 bits per heavy atom. The van der Waals surface area contributed by atoms with Crippen LogP contribution in [0.3, 0.4) is 0 Å². The van der Waals surface area contributed by atoms with Crippen molar-refractivity contribution in [2.75, 3.05) is 5.32 Å². The Labute approximate surface area is 132 Å². The van der Waals surface area contributed by atoms with E-state index in [-0.39, 0.29) is 6.10 Å². The molecule has 0 amide bonds. The summed E-state index contributed by atoms with van der Waals surface area (Å²) in [6, 6.07) is 9.71. The predicted molar refractivity (Wildman–Crippen MR) is 86.5 cm³/mol. The van der Waals surface area contributed by atoms with Crippen LogP contribution in [0.4, 0.5) is 5.69 Å². The van der Waals surface area contributed by atoms with Crippen LogP contribution in [-0.2, 0) is 6.54 Å². The number of rotatable bonds is 5. The lowest BCUT2D eigenvalue weighted by Gasteiger charge is -2.14. The van der Waals surface area contributed by atoms with Gasteiger partial charge >= 0.3 is 0 Å². The second-order valence-electron chi connectivity index (χ2n) is 4.62. The Bertz CT molecular complexity index is 590. The van der Waals surface area contributed by atoms with Gasteiger partial charge in [-0.3, -0.25) is 0 Å². The highest BCUT2D eigenvalue weighted by atomic mass is 79.9. The topological polar surface area (TPSA) is 34.1 Å². The van der Waals surface area contributed by atoms with Crippen molar-refractivity contribution >= 4 is 33.2 Å². The van der Waals surface area contributed by atoms with E-state index in [0.29, 0.717) is 17.4 Å². The number of anilines is 1. The summed E-state index contributed by atoms with van der Waals surface area (Å²) >= 11 is 9.47. The fourth-order valence-electron chi connectivity index (χ4n) is 1.69. The molecule has 0 bridgehead atoms. The molecular formula is C15H16BrClN2O. The predicted octanol–water partition coefficient (Wildman–Crippen LogP) is 4.90. The SMILES string of the molecule is CC(C)Oc1ncccc1NCc1ccc(Br)c(Cl)c1. The molecule has 0 atom stereocenters. The summed E-state index contributed by atoms with van der Waals surface area (Å²) in [6.45, 7) is 4.62. The summed E-state index contributed by atoms with van der Waals surface area (Å²) < 4.78 is 6.57. The third-order valence-corrected chi connectivity index (χ3v) is 3.82. The van der Waals surface area contributed by atoms with E-state index in [9.17, 15) is 0 Å². The van der Waals surface area contributed by atoms with Crippen LogP contribution in [0.5, 0.6) is 5.88 Å². The molecule has 0 fully saturated rings. The van der Waals surface area contributed by atoms with Gasteiger partial charge in [-0.25, -0.2) is 4.98 Å². The minimum absolute atomic E-state index is 0.0903. The lowest BCUT2D eigenvalue weighted by atomic mass is 10.2. The molecule has 2 aromatic rings. The van der Waals surface area contributed by atoms with Crippen molar-refractivity contribution in [3.8, 4) is 5.88 Å². The third-order valence-electron chi connectivity index (χ3n) is 2.59. The van der Waals surface area contributed by atoms with Crippen LogP contribution in [0.2, 0.25) is 5.02 Å². The molecule has 0 saturated carbocycles. The summed E-state index contributed by atoms with van der Waals surface area (Å²) in [4.78, 5) is 4.24. The first-order valence-electron chi connectivity index (χ1n) is 6.35. The normalized spacial score (nSPS) is 10.7. The number of hydrogen-bond donors (Lipinski definition) is 1. The number of nitrogens with zero attached hydrogens (tertiary/aromatic N) is 1. The second-order valence-corrected chi connectivity index (χ2v) is 5.89. The Balaban J connectivity index is 2.08. The van der Waals surface area contributed by atoms with E-state index in [0.717, 1.165) is 15.7 Å². The zero-order valence-corrected chi connectivity index (χ0v) is 13.7. The van der Waals surface area contributed by atoms with Crippen molar-refractivity contribution in [3.63, 3.8) is 0 Å². The number of benzene rings is 1. The maximum atomic E-state index is 6.08. The third kappa shape index (κ3) is 4.12. The average molecular weight is 356 g/mol. The summed E-state index contributed by atoms with van der Waals surface area (Å²) in [6.07, 6.45) is 1.81. The van der Waals surface area contributed by atoms with Crippen molar-refractivity contribution in [2.24, 2.45) is 0 Å². The van der Waals surface area contributed by atoms with Crippen molar-refractivity contribution in [3.05, 3.63) is 51.6 Å². The maximum absolute atomic E-state index is 6.08. The van der Waals surface area contributed by atoms with Crippen LogP contribution in [0, 0.1) is 0 Å². The van der Waals surface area contributed by atoms with Crippen molar-refractivity contribution in [1.29, 1.82) is 0 Å². The number of halogens is 2. The molecule has 0 spiro atoms. The molecule has 0 radical (unpaired) electrons. The standard InChI is InChI=1S/C15H16BrClN2O/c1-10(2)20-15-14(4-3-7-18-15)19-9-11-5-6-12(16)13(17)8-11/h3-8,10,19H,9H2,1-2H3. The van der Waals surface area contributed by atoms with Gasteiger partial charge < -0.3 is 10.1 Å². The van der Waals surface area contributed by atoms with Gasteiger partial charge in [0.1, 0.15) is 0 Å². The summed E-state index contributed by atoms with van der Waals surface area (Å²) in [5.41, 5.74) is 1.97. The van der Waals surface area contributed by atoms with E-state index in [1.54, 1.807) is 6.20 Å². The number of ether oxygens (including phenoxy) is 1. The molecule has 0 aliphatic rings. The first-order chi connectivity index (χ1) is 9.56. The van der Waals surface area contributed by atoms with E-state index in [1.165, 1.54) is 0 Å². The van der Waals surface area contributed by atoms with Crippen LogP contribution in [0.1, 0.15) is 19.4 Å². The highest BCUT2D eigenvalue weighted by molar-refractivity contribution is 9.10. The van der Waals surface area contributed by atoms with Gasteiger partial charge in [0.25, 0.3) is 0 Å². The lowest BCUT2D eigenvalue weighted by Crippen LogP contribution is -2.10. The van der Waals surface area contributed by atoms with Crippen LogP contribution < -0.4 is 10.1 Å². The molecule has 106 valence electrons. The van der Waals surface area contributed by atoms with Gasteiger partial charge in [-0.05, 0) is 59.6 Å². The van der Waals surface area contributed by atoms with E-state index >= 15 is 0 Å². The minimum atomic E-state index is 0.0903. The van der Waals surface area contributed by atoms with Crippen LogP contribution >= 0.6 is 27.5 Å². The largest absolute Gasteiger partial charge is 0.473 e. The Hall–Kier alpha value is -1.26. The Morgan fingerprint density at radius 1 is 1.35 bits per heavy atom. The summed E-state index contributed by atoms with van der Waals surface area (Å²) in [7, 11) is 0. The Morgan fingerprint density at radius 2 is 2.15 bits per heavy atom. The van der Waals surface area contributed by atoms with E-state index in [1.807, 2.05) is 44.2 Å². The lowest BCUT2D eigenvalue weighted by molar-refractivity contribution is 0.234. The summed E-state index contributed by atoms with van der Waals surface area (Å²) in [5.74, 6) is 0.616. The zero-order valence-electron chi connectivity index (χ0n) is 11.4. The first-order valence-corrected chi connectivity index (χ1v) is 7.53. The number of hydrogen-bond acceptors (Lipinski definition) is 3. The molecule has 1 aromatic heterocycles. The smallest absolute Gasteiger partial charge is 0.237 e. The fraction of sp³-hybridized carbons (Fsp3) is 0.267. The quantitative estimate of drug-likeness (QED) is 0.828.